The Morgan fingerprint density at radius 2 is 1.89 bits per heavy atom. The average molecular weight is 269 g/mol. The molecule has 1 fully saturated rings. The van der Waals surface area contributed by atoms with Gasteiger partial charge in [0.25, 0.3) is 0 Å². The summed E-state index contributed by atoms with van der Waals surface area (Å²) in [6.45, 7) is 12.7. The number of likely N-dealkylation sites (tertiary alicyclic amines) is 1. The molecule has 1 aliphatic heterocycles. The van der Waals surface area contributed by atoms with Gasteiger partial charge in [-0.05, 0) is 45.1 Å². The fourth-order valence-electron chi connectivity index (χ4n) is 2.93. The van der Waals surface area contributed by atoms with Crippen LogP contribution in [-0.4, -0.2) is 42.5 Å². The van der Waals surface area contributed by atoms with Crippen molar-refractivity contribution in [1.29, 1.82) is 0 Å². The van der Waals surface area contributed by atoms with Gasteiger partial charge in [0, 0.05) is 31.6 Å². The van der Waals surface area contributed by atoms with E-state index in [1.165, 1.54) is 6.42 Å². The zero-order valence-corrected chi connectivity index (χ0v) is 13.0. The number of nitrogens with zero attached hydrogens (tertiary/aromatic N) is 1. The Morgan fingerprint density at radius 3 is 2.42 bits per heavy atom. The van der Waals surface area contributed by atoms with Crippen LogP contribution >= 0.6 is 0 Å². The number of carbonyl (C=O) groups is 1. The highest BCUT2D eigenvalue weighted by atomic mass is 16.1. The summed E-state index contributed by atoms with van der Waals surface area (Å²) < 4.78 is 0. The Balaban J connectivity index is 2.43. The molecule has 3 N–H and O–H groups in total. The fraction of sp³-hybridized carbons (Fsp3) is 0.933. The smallest absolute Gasteiger partial charge is 0.220 e. The highest BCUT2D eigenvalue weighted by Crippen LogP contribution is 2.26. The molecule has 1 heterocycles. The van der Waals surface area contributed by atoms with Crippen molar-refractivity contribution in [2.24, 2.45) is 17.6 Å². The molecule has 1 rings (SSSR count). The number of amides is 1. The molecule has 1 aliphatic rings. The van der Waals surface area contributed by atoms with Crippen molar-refractivity contribution in [3.63, 3.8) is 0 Å². The Hall–Kier alpha value is -0.610. The van der Waals surface area contributed by atoms with Crippen LogP contribution in [0.3, 0.4) is 0 Å². The summed E-state index contributed by atoms with van der Waals surface area (Å²) in [5, 5.41) is 3.05. The van der Waals surface area contributed by atoms with Gasteiger partial charge < -0.3 is 11.1 Å². The molecular weight excluding hydrogens is 238 g/mol. The minimum atomic E-state index is 0.0291. The lowest BCUT2D eigenvalue weighted by atomic mass is 9.88. The largest absolute Gasteiger partial charge is 0.354 e. The van der Waals surface area contributed by atoms with Crippen LogP contribution in [0.4, 0.5) is 0 Å². The molecule has 4 heteroatoms. The number of nitrogens with two attached hydrogens (primary N) is 1. The van der Waals surface area contributed by atoms with Gasteiger partial charge >= 0.3 is 0 Å². The van der Waals surface area contributed by atoms with Gasteiger partial charge in [0.05, 0.1) is 0 Å². The molecule has 1 amide bonds. The van der Waals surface area contributed by atoms with Crippen molar-refractivity contribution in [3.05, 3.63) is 0 Å². The normalized spacial score (nSPS) is 25.3. The molecule has 0 aromatic rings. The first-order chi connectivity index (χ1) is 8.85. The van der Waals surface area contributed by atoms with E-state index in [-0.39, 0.29) is 11.4 Å². The van der Waals surface area contributed by atoms with E-state index in [0.29, 0.717) is 13.0 Å². The predicted octanol–water partition coefficient (Wildman–Crippen LogP) is 1.60. The van der Waals surface area contributed by atoms with E-state index < -0.39 is 0 Å². The average Bonchev–Trinajstić information content (AvgIpc) is 2.32. The van der Waals surface area contributed by atoms with E-state index in [9.17, 15) is 4.79 Å². The zero-order valence-electron chi connectivity index (χ0n) is 13.0. The number of hydrogen-bond acceptors (Lipinski definition) is 3. The first kappa shape index (κ1) is 16.4. The molecule has 0 aromatic heterocycles. The summed E-state index contributed by atoms with van der Waals surface area (Å²) in [5.41, 5.74) is 5.45. The second-order valence-electron chi connectivity index (χ2n) is 6.83. The summed E-state index contributed by atoms with van der Waals surface area (Å²) in [5.74, 6) is 1.61. The number of piperidine rings is 1. The lowest BCUT2D eigenvalue weighted by Gasteiger charge is -2.45. The van der Waals surface area contributed by atoms with Crippen molar-refractivity contribution in [2.75, 3.05) is 26.2 Å². The van der Waals surface area contributed by atoms with Crippen LogP contribution < -0.4 is 11.1 Å². The lowest BCUT2D eigenvalue weighted by molar-refractivity contribution is -0.121. The van der Waals surface area contributed by atoms with E-state index in [1.54, 1.807) is 0 Å². The summed E-state index contributed by atoms with van der Waals surface area (Å²) in [4.78, 5) is 14.2. The first-order valence-electron chi connectivity index (χ1n) is 7.57. The minimum absolute atomic E-state index is 0.0291. The van der Waals surface area contributed by atoms with Crippen LogP contribution in [-0.2, 0) is 4.79 Å². The molecule has 4 nitrogen and oxygen atoms in total. The van der Waals surface area contributed by atoms with Crippen LogP contribution in [0.2, 0.25) is 0 Å². The molecule has 0 spiro atoms. The Bertz CT molecular complexity index is 281. The summed E-state index contributed by atoms with van der Waals surface area (Å²) >= 11 is 0. The molecule has 0 bridgehead atoms. The third-order valence-corrected chi connectivity index (χ3v) is 4.05. The van der Waals surface area contributed by atoms with E-state index in [0.717, 1.165) is 37.9 Å². The van der Waals surface area contributed by atoms with Gasteiger partial charge in [-0.25, -0.2) is 0 Å². The SMILES string of the molecule is CC1CC(C)CN(C(C)(C)CNC(=O)CCCN)C1. The molecule has 112 valence electrons. The molecule has 0 aliphatic carbocycles. The number of hydrogen-bond donors (Lipinski definition) is 2. The summed E-state index contributed by atoms with van der Waals surface area (Å²) in [7, 11) is 0. The first-order valence-corrected chi connectivity index (χ1v) is 7.57. The van der Waals surface area contributed by atoms with Crippen LogP contribution in [0.25, 0.3) is 0 Å². The van der Waals surface area contributed by atoms with Gasteiger partial charge in [-0.3, -0.25) is 9.69 Å². The van der Waals surface area contributed by atoms with E-state index in [1.807, 2.05) is 0 Å². The quantitative estimate of drug-likeness (QED) is 0.770. The molecule has 0 saturated carbocycles. The van der Waals surface area contributed by atoms with Crippen molar-refractivity contribution in [2.45, 2.75) is 52.5 Å². The summed E-state index contributed by atoms with van der Waals surface area (Å²) in [6.07, 6.45) is 2.62. The zero-order chi connectivity index (χ0) is 14.5. The third kappa shape index (κ3) is 5.49. The van der Waals surface area contributed by atoms with Crippen LogP contribution in [0.5, 0.6) is 0 Å². The number of nitrogens with one attached hydrogen (secondary N) is 1. The number of rotatable bonds is 6. The van der Waals surface area contributed by atoms with E-state index in [2.05, 4.69) is 37.9 Å². The second kappa shape index (κ2) is 7.25. The number of carbonyl (C=O) groups excluding carboxylic acids is 1. The standard InChI is InChI=1S/C15H31N3O/c1-12-8-13(2)10-18(9-12)15(3,4)11-17-14(19)6-5-7-16/h12-13H,5-11,16H2,1-4H3,(H,17,19). The third-order valence-electron chi connectivity index (χ3n) is 4.05. The maximum Gasteiger partial charge on any atom is 0.220 e. The molecule has 0 aromatic carbocycles. The highest BCUT2D eigenvalue weighted by molar-refractivity contribution is 5.75. The molecule has 19 heavy (non-hydrogen) atoms. The molecular formula is C15H31N3O. The molecule has 1 saturated heterocycles. The maximum atomic E-state index is 11.7. The summed E-state index contributed by atoms with van der Waals surface area (Å²) in [6, 6.07) is 0. The van der Waals surface area contributed by atoms with Crippen molar-refractivity contribution in [1.82, 2.24) is 10.2 Å². The van der Waals surface area contributed by atoms with E-state index >= 15 is 0 Å². The van der Waals surface area contributed by atoms with Crippen LogP contribution in [0, 0.1) is 11.8 Å². The van der Waals surface area contributed by atoms with Crippen molar-refractivity contribution < 1.29 is 4.79 Å². The van der Waals surface area contributed by atoms with Gasteiger partial charge in [0.2, 0.25) is 5.91 Å². The maximum absolute atomic E-state index is 11.7. The van der Waals surface area contributed by atoms with E-state index in [4.69, 9.17) is 5.73 Å². The predicted molar refractivity (Wildman–Crippen MR) is 79.9 cm³/mol. The van der Waals surface area contributed by atoms with Gasteiger partial charge in [-0.1, -0.05) is 13.8 Å². The van der Waals surface area contributed by atoms with Gasteiger partial charge in [-0.2, -0.15) is 0 Å². The minimum Gasteiger partial charge on any atom is -0.354 e. The molecule has 2 unspecified atom stereocenters. The lowest BCUT2D eigenvalue weighted by Crippen LogP contribution is -2.56. The fourth-order valence-corrected chi connectivity index (χ4v) is 2.93. The van der Waals surface area contributed by atoms with Crippen LogP contribution in [0.15, 0.2) is 0 Å². The highest BCUT2D eigenvalue weighted by Gasteiger charge is 2.32. The van der Waals surface area contributed by atoms with Crippen molar-refractivity contribution in [3.8, 4) is 0 Å². The molecule has 2 atom stereocenters. The van der Waals surface area contributed by atoms with Crippen molar-refractivity contribution >= 4 is 5.91 Å². The second-order valence-corrected chi connectivity index (χ2v) is 6.83. The topological polar surface area (TPSA) is 58.4 Å². The molecule has 0 radical (unpaired) electrons. The van der Waals surface area contributed by atoms with Gasteiger partial charge in [0.15, 0.2) is 0 Å². The Morgan fingerprint density at radius 1 is 1.32 bits per heavy atom. The van der Waals surface area contributed by atoms with Gasteiger partial charge in [0.1, 0.15) is 0 Å². The Labute approximate surface area is 118 Å². The van der Waals surface area contributed by atoms with Gasteiger partial charge in [-0.15, -0.1) is 0 Å². The Kier molecular flexibility index (Phi) is 6.27. The monoisotopic (exact) mass is 269 g/mol. The van der Waals surface area contributed by atoms with Crippen LogP contribution in [0.1, 0.15) is 47.0 Å².